The molecule has 82 valence electrons. The number of carbonyl (C=O) groups is 3. The highest BCUT2D eigenvalue weighted by Gasteiger charge is 2.38. The molecular weight excluding hydrogens is 198 g/mol. The van der Waals surface area contributed by atoms with Gasteiger partial charge in [-0.25, -0.2) is 0 Å². The third kappa shape index (κ3) is 1.85. The molecule has 2 rings (SSSR count). The standard InChI is InChI=1S/C9H13N3O3/c1-12-8(14)3-6(9(12)15)11-5-2-7(13)10-4-5/h5-6,11H,2-4H2,1H3,(H,10,13). The van der Waals surface area contributed by atoms with E-state index < -0.39 is 6.04 Å². The second-order valence-electron chi connectivity index (χ2n) is 3.92. The van der Waals surface area contributed by atoms with Crippen molar-refractivity contribution in [2.45, 2.75) is 24.9 Å². The summed E-state index contributed by atoms with van der Waals surface area (Å²) in [5.41, 5.74) is 0. The van der Waals surface area contributed by atoms with Crippen molar-refractivity contribution in [3.8, 4) is 0 Å². The first-order chi connectivity index (χ1) is 7.08. The molecule has 3 amide bonds. The van der Waals surface area contributed by atoms with Gasteiger partial charge in [0.05, 0.1) is 12.5 Å². The Kier molecular flexibility index (Phi) is 2.44. The molecule has 0 aromatic carbocycles. The van der Waals surface area contributed by atoms with Gasteiger partial charge in [-0.3, -0.25) is 19.3 Å². The molecule has 6 heteroatoms. The molecule has 2 N–H and O–H groups in total. The van der Waals surface area contributed by atoms with Crippen LogP contribution in [0.25, 0.3) is 0 Å². The topological polar surface area (TPSA) is 78.5 Å². The Bertz CT molecular complexity index is 329. The van der Waals surface area contributed by atoms with Gasteiger partial charge < -0.3 is 10.6 Å². The summed E-state index contributed by atoms with van der Waals surface area (Å²) in [6.45, 7) is 0.528. The second kappa shape index (κ2) is 3.62. The normalized spacial score (nSPS) is 31.3. The van der Waals surface area contributed by atoms with E-state index in [4.69, 9.17) is 0 Å². The van der Waals surface area contributed by atoms with Crippen molar-refractivity contribution in [1.29, 1.82) is 0 Å². The molecule has 15 heavy (non-hydrogen) atoms. The fourth-order valence-electron chi connectivity index (χ4n) is 1.89. The zero-order valence-electron chi connectivity index (χ0n) is 8.45. The van der Waals surface area contributed by atoms with E-state index in [0.717, 1.165) is 4.90 Å². The maximum atomic E-state index is 11.5. The molecule has 0 aliphatic carbocycles. The summed E-state index contributed by atoms with van der Waals surface area (Å²) in [6, 6.07) is -0.494. The molecule has 2 aliphatic rings. The highest BCUT2D eigenvalue weighted by molar-refractivity contribution is 6.05. The largest absolute Gasteiger partial charge is 0.354 e. The van der Waals surface area contributed by atoms with Gasteiger partial charge in [-0.05, 0) is 0 Å². The Morgan fingerprint density at radius 1 is 1.33 bits per heavy atom. The number of likely N-dealkylation sites (tertiary alicyclic amines) is 1. The maximum absolute atomic E-state index is 11.5. The van der Waals surface area contributed by atoms with Crippen LogP contribution in [0.3, 0.4) is 0 Å². The predicted molar refractivity (Wildman–Crippen MR) is 50.7 cm³/mol. The van der Waals surface area contributed by atoms with Gasteiger partial charge in [-0.2, -0.15) is 0 Å². The summed E-state index contributed by atoms with van der Waals surface area (Å²) >= 11 is 0. The smallest absolute Gasteiger partial charge is 0.246 e. The van der Waals surface area contributed by atoms with Gasteiger partial charge >= 0.3 is 0 Å². The van der Waals surface area contributed by atoms with Crippen molar-refractivity contribution in [2.75, 3.05) is 13.6 Å². The Balaban J connectivity index is 1.93. The van der Waals surface area contributed by atoms with E-state index in [-0.39, 0.29) is 30.2 Å². The number of imide groups is 1. The summed E-state index contributed by atoms with van der Waals surface area (Å²) in [7, 11) is 1.48. The summed E-state index contributed by atoms with van der Waals surface area (Å²) in [4.78, 5) is 34.8. The quantitative estimate of drug-likeness (QED) is 0.529. The van der Waals surface area contributed by atoms with E-state index in [1.54, 1.807) is 0 Å². The van der Waals surface area contributed by atoms with E-state index in [1.807, 2.05) is 0 Å². The second-order valence-corrected chi connectivity index (χ2v) is 3.92. The van der Waals surface area contributed by atoms with Crippen LogP contribution in [0.15, 0.2) is 0 Å². The van der Waals surface area contributed by atoms with Crippen LogP contribution in [-0.2, 0) is 14.4 Å². The first-order valence-electron chi connectivity index (χ1n) is 4.91. The Morgan fingerprint density at radius 3 is 2.53 bits per heavy atom. The molecule has 0 bridgehead atoms. The van der Waals surface area contributed by atoms with Crippen molar-refractivity contribution in [2.24, 2.45) is 0 Å². The van der Waals surface area contributed by atoms with E-state index in [0.29, 0.717) is 13.0 Å². The molecule has 2 atom stereocenters. The molecule has 6 nitrogen and oxygen atoms in total. The summed E-state index contributed by atoms with van der Waals surface area (Å²) in [5, 5.41) is 5.69. The Labute approximate surface area is 87.0 Å². The Hall–Kier alpha value is -1.43. The first-order valence-corrected chi connectivity index (χ1v) is 4.91. The van der Waals surface area contributed by atoms with Gasteiger partial charge in [0.2, 0.25) is 17.7 Å². The average Bonchev–Trinajstić information content (AvgIpc) is 2.68. The molecule has 0 saturated carbocycles. The van der Waals surface area contributed by atoms with Crippen LogP contribution >= 0.6 is 0 Å². The molecule has 2 fully saturated rings. The molecule has 0 aromatic heterocycles. The van der Waals surface area contributed by atoms with Crippen molar-refractivity contribution in [3.63, 3.8) is 0 Å². The lowest BCUT2D eigenvalue weighted by Crippen LogP contribution is -2.43. The molecule has 0 aromatic rings. The summed E-state index contributed by atoms with van der Waals surface area (Å²) < 4.78 is 0. The van der Waals surface area contributed by atoms with E-state index in [2.05, 4.69) is 10.6 Å². The van der Waals surface area contributed by atoms with Crippen LogP contribution in [0, 0.1) is 0 Å². The summed E-state index contributed by atoms with van der Waals surface area (Å²) in [6.07, 6.45) is 0.571. The molecule has 0 radical (unpaired) electrons. The molecular formula is C9H13N3O3. The van der Waals surface area contributed by atoms with Crippen molar-refractivity contribution >= 4 is 17.7 Å². The van der Waals surface area contributed by atoms with Gasteiger partial charge in [0.25, 0.3) is 0 Å². The van der Waals surface area contributed by atoms with E-state index >= 15 is 0 Å². The van der Waals surface area contributed by atoms with Gasteiger partial charge in [-0.15, -0.1) is 0 Å². The fraction of sp³-hybridized carbons (Fsp3) is 0.667. The van der Waals surface area contributed by atoms with E-state index in [9.17, 15) is 14.4 Å². The third-order valence-corrected chi connectivity index (χ3v) is 2.80. The van der Waals surface area contributed by atoms with Crippen LogP contribution in [0.5, 0.6) is 0 Å². The number of nitrogens with zero attached hydrogens (tertiary/aromatic N) is 1. The third-order valence-electron chi connectivity index (χ3n) is 2.80. The van der Waals surface area contributed by atoms with Crippen LogP contribution in [-0.4, -0.2) is 48.3 Å². The van der Waals surface area contributed by atoms with Crippen LogP contribution in [0.4, 0.5) is 0 Å². The lowest BCUT2D eigenvalue weighted by atomic mass is 10.2. The van der Waals surface area contributed by atoms with Crippen LogP contribution in [0.2, 0.25) is 0 Å². The maximum Gasteiger partial charge on any atom is 0.246 e. The van der Waals surface area contributed by atoms with Gasteiger partial charge in [0, 0.05) is 26.1 Å². The average molecular weight is 211 g/mol. The van der Waals surface area contributed by atoms with Gasteiger partial charge in [-0.1, -0.05) is 0 Å². The number of amides is 3. The number of rotatable bonds is 2. The zero-order chi connectivity index (χ0) is 11.0. The number of hydrogen-bond acceptors (Lipinski definition) is 4. The highest BCUT2D eigenvalue weighted by atomic mass is 16.2. The van der Waals surface area contributed by atoms with Crippen molar-refractivity contribution < 1.29 is 14.4 Å². The van der Waals surface area contributed by atoms with Crippen molar-refractivity contribution in [3.05, 3.63) is 0 Å². The molecule has 2 heterocycles. The van der Waals surface area contributed by atoms with E-state index in [1.165, 1.54) is 7.05 Å². The number of nitrogens with one attached hydrogen (secondary N) is 2. The van der Waals surface area contributed by atoms with Gasteiger partial charge in [0.1, 0.15) is 0 Å². The van der Waals surface area contributed by atoms with Crippen LogP contribution in [0.1, 0.15) is 12.8 Å². The zero-order valence-corrected chi connectivity index (χ0v) is 8.45. The number of carbonyl (C=O) groups excluding carboxylic acids is 3. The molecule has 2 unspecified atom stereocenters. The lowest BCUT2D eigenvalue weighted by molar-refractivity contribution is -0.137. The number of hydrogen-bond donors (Lipinski definition) is 2. The SMILES string of the molecule is CN1C(=O)CC(NC2CNC(=O)C2)C1=O. The molecule has 2 saturated heterocycles. The molecule has 0 spiro atoms. The predicted octanol–water partition coefficient (Wildman–Crippen LogP) is -1.78. The minimum absolute atomic E-state index is 0.0161. The Morgan fingerprint density at radius 2 is 2.07 bits per heavy atom. The van der Waals surface area contributed by atoms with Crippen LogP contribution < -0.4 is 10.6 Å². The highest BCUT2D eigenvalue weighted by Crippen LogP contribution is 2.12. The molecule has 2 aliphatic heterocycles. The van der Waals surface area contributed by atoms with Gasteiger partial charge in [0.15, 0.2) is 0 Å². The minimum atomic E-state index is -0.458. The number of likely N-dealkylation sites (N-methyl/N-ethyl adjacent to an activating group) is 1. The monoisotopic (exact) mass is 211 g/mol. The first kappa shape index (κ1) is 10.1. The minimum Gasteiger partial charge on any atom is -0.354 e. The lowest BCUT2D eigenvalue weighted by Gasteiger charge is -2.15. The fourth-order valence-corrected chi connectivity index (χ4v) is 1.89. The van der Waals surface area contributed by atoms with Crippen molar-refractivity contribution in [1.82, 2.24) is 15.5 Å². The summed E-state index contributed by atoms with van der Waals surface area (Å²) in [5.74, 6) is -0.397.